The fraction of sp³-hybridized carbons (Fsp3) is 0.429. The molecule has 0 saturated heterocycles. The fourth-order valence-electron chi connectivity index (χ4n) is 3.20. The summed E-state index contributed by atoms with van der Waals surface area (Å²) in [7, 11) is -3.87. The summed E-state index contributed by atoms with van der Waals surface area (Å²) < 4.78 is 52.7. The molecule has 0 bridgehead atoms. The fourth-order valence-corrected chi connectivity index (χ4v) is 6.21. The zero-order valence-electron chi connectivity index (χ0n) is 17.4. The summed E-state index contributed by atoms with van der Waals surface area (Å²) in [5.41, 5.74) is 0.869. The summed E-state index contributed by atoms with van der Waals surface area (Å²) in [5, 5.41) is 9.55. The number of hydrogen-bond donors (Lipinski definition) is 1. The van der Waals surface area contributed by atoms with Crippen molar-refractivity contribution in [1.29, 1.82) is 0 Å². The minimum Gasteiger partial charge on any atom is -0.396 e. The first-order valence-corrected chi connectivity index (χ1v) is 12.7. The molecule has 2 rings (SSSR count). The first kappa shape index (κ1) is 24.2. The van der Waals surface area contributed by atoms with Gasteiger partial charge in [-0.25, -0.2) is 16.8 Å². The van der Waals surface area contributed by atoms with E-state index in [4.69, 9.17) is 11.5 Å². The molecule has 0 fully saturated rings. The second-order valence-electron chi connectivity index (χ2n) is 7.26. The van der Waals surface area contributed by atoms with Crippen molar-refractivity contribution >= 4 is 36.3 Å². The maximum Gasteiger partial charge on any atom is 0.244 e. The highest BCUT2D eigenvalue weighted by molar-refractivity contribution is 7.92. The molecule has 0 aliphatic heterocycles. The van der Waals surface area contributed by atoms with E-state index in [0.717, 1.165) is 15.4 Å². The van der Waals surface area contributed by atoms with Crippen LogP contribution in [0.2, 0.25) is 0 Å². The Bertz CT molecular complexity index is 1140. The molecule has 1 N–H and O–H groups in total. The molecule has 1 unspecified atom stereocenters. The van der Waals surface area contributed by atoms with Crippen LogP contribution < -0.4 is 4.90 Å². The lowest BCUT2D eigenvalue weighted by Gasteiger charge is -2.23. The lowest BCUT2D eigenvalue weighted by Crippen LogP contribution is -2.37. The van der Waals surface area contributed by atoms with Crippen molar-refractivity contribution in [3.05, 3.63) is 36.4 Å². The quantitative estimate of drug-likeness (QED) is 0.552. The van der Waals surface area contributed by atoms with Crippen LogP contribution in [0, 0.1) is 12.3 Å². The number of aliphatic hydroxyl groups is 1. The van der Waals surface area contributed by atoms with Crippen molar-refractivity contribution in [3.8, 4) is 12.3 Å². The highest BCUT2D eigenvalue weighted by Crippen LogP contribution is 2.31. The van der Waals surface area contributed by atoms with Gasteiger partial charge < -0.3 is 10.0 Å². The molecule has 164 valence electrons. The van der Waals surface area contributed by atoms with Gasteiger partial charge in [-0.05, 0) is 25.5 Å². The van der Waals surface area contributed by atoms with Gasteiger partial charge in [-0.2, -0.15) is 4.31 Å². The van der Waals surface area contributed by atoms with E-state index in [2.05, 4.69) is 5.92 Å². The number of benzene rings is 2. The van der Waals surface area contributed by atoms with Crippen LogP contribution in [0.15, 0.2) is 41.3 Å². The zero-order chi connectivity index (χ0) is 22.5. The minimum absolute atomic E-state index is 0.0831. The third-order valence-corrected chi connectivity index (χ3v) is 9.12. The largest absolute Gasteiger partial charge is 0.396 e. The Morgan fingerprint density at radius 1 is 1.07 bits per heavy atom. The smallest absolute Gasteiger partial charge is 0.244 e. The third-order valence-electron chi connectivity index (χ3n) is 5.00. The number of aliphatic hydroxyl groups excluding tert-OH is 1. The molecule has 0 aromatic heterocycles. The van der Waals surface area contributed by atoms with Crippen LogP contribution in [0.3, 0.4) is 0 Å². The maximum absolute atomic E-state index is 13.4. The molecule has 9 heteroatoms. The molecular weight excluding hydrogens is 424 g/mol. The Labute approximate surface area is 179 Å². The van der Waals surface area contributed by atoms with E-state index >= 15 is 0 Å². The number of fused-ring (bicyclic) bond motifs is 1. The third kappa shape index (κ3) is 5.13. The van der Waals surface area contributed by atoms with E-state index in [1.54, 1.807) is 18.2 Å². The SMILES string of the molecule is C#CCN(CCS(=O)(=O)C(C)CCO)S(=O)(=O)c1cccc2c(N(C)C)cccc12. The van der Waals surface area contributed by atoms with Crippen molar-refractivity contribution in [1.82, 2.24) is 4.31 Å². The number of terminal acetylenes is 1. The van der Waals surface area contributed by atoms with Crippen molar-refractivity contribution in [3.63, 3.8) is 0 Å². The monoisotopic (exact) mass is 452 g/mol. The second kappa shape index (κ2) is 9.79. The van der Waals surface area contributed by atoms with E-state index < -0.39 is 25.1 Å². The molecule has 0 saturated carbocycles. The summed E-state index contributed by atoms with van der Waals surface area (Å²) in [6.07, 6.45) is 5.48. The zero-order valence-corrected chi connectivity index (χ0v) is 19.1. The minimum atomic E-state index is -4.03. The topological polar surface area (TPSA) is 95.0 Å². The number of hydrogen-bond acceptors (Lipinski definition) is 6. The molecule has 1 atom stereocenters. The molecule has 2 aromatic rings. The molecule has 0 radical (unpaired) electrons. The summed E-state index contributed by atoms with van der Waals surface area (Å²) >= 11 is 0. The summed E-state index contributed by atoms with van der Waals surface area (Å²) in [6, 6.07) is 10.4. The highest BCUT2D eigenvalue weighted by Gasteiger charge is 2.29. The maximum atomic E-state index is 13.4. The average Bonchev–Trinajstić information content (AvgIpc) is 2.70. The molecule has 0 aliphatic carbocycles. The Balaban J connectivity index is 2.47. The molecule has 2 aromatic carbocycles. The van der Waals surface area contributed by atoms with Gasteiger partial charge in [0, 0.05) is 43.7 Å². The predicted molar refractivity (Wildman–Crippen MR) is 121 cm³/mol. The van der Waals surface area contributed by atoms with Crippen molar-refractivity contribution in [2.75, 3.05) is 44.4 Å². The van der Waals surface area contributed by atoms with Crippen molar-refractivity contribution in [2.24, 2.45) is 0 Å². The Morgan fingerprint density at radius 2 is 1.70 bits per heavy atom. The van der Waals surface area contributed by atoms with Crippen molar-refractivity contribution in [2.45, 2.75) is 23.5 Å². The normalized spacial score (nSPS) is 13.3. The van der Waals surface area contributed by atoms with Crippen molar-refractivity contribution < 1.29 is 21.9 Å². The molecule has 0 heterocycles. The van der Waals surface area contributed by atoms with Gasteiger partial charge in [0.05, 0.1) is 22.4 Å². The first-order chi connectivity index (χ1) is 14.1. The van der Waals surface area contributed by atoms with Crippen LogP contribution in [0.1, 0.15) is 13.3 Å². The van der Waals surface area contributed by atoms with Crippen LogP contribution in [0.4, 0.5) is 5.69 Å². The van der Waals surface area contributed by atoms with Gasteiger partial charge in [0.25, 0.3) is 0 Å². The Hall–Kier alpha value is -2.12. The number of rotatable bonds is 10. The first-order valence-electron chi connectivity index (χ1n) is 9.51. The molecule has 0 spiro atoms. The van der Waals surface area contributed by atoms with Crippen LogP contribution >= 0.6 is 0 Å². The number of sulfonamides is 1. The van der Waals surface area contributed by atoms with Gasteiger partial charge >= 0.3 is 0 Å². The number of nitrogens with zero attached hydrogens (tertiary/aromatic N) is 2. The highest BCUT2D eigenvalue weighted by atomic mass is 32.2. The summed E-state index contributed by atoms with van der Waals surface area (Å²) in [4.78, 5) is 1.98. The Kier molecular flexibility index (Phi) is 7.88. The summed E-state index contributed by atoms with van der Waals surface area (Å²) in [5.74, 6) is 1.94. The van der Waals surface area contributed by atoms with Gasteiger partial charge in [-0.3, -0.25) is 0 Å². The second-order valence-corrected chi connectivity index (χ2v) is 11.7. The van der Waals surface area contributed by atoms with Gasteiger partial charge in [-0.15, -0.1) is 6.42 Å². The van der Waals surface area contributed by atoms with E-state index in [-0.39, 0.29) is 36.8 Å². The number of sulfone groups is 1. The van der Waals surface area contributed by atoms with Crippen LogP contribution in [0.25, 0.3) is 10.8 Å². The van der Waals surface area contributed by atoms with Crippen LogP contribution in [-0.2, 0) is 19.9 Å². The van der Waals surface area contributed by atoms with E-state index in [0.29, 0.717) is 5.39 Å². The van der Waals surface area contributed by atoms with Gasteiger partial charge in [0.2, 0.25) is 10.0 Å². The lowest BCUT2D eigenvalue weighted by atomic mass is 10.1. The molecule has 7 nitrogen and oxygen atoms in total. The Morgan fingerprint density at radius 3 is 2.30 bits per heavy atom. The molecule has 30 heavy (non-hydrogen) atoms. The predicted octanol–water partition coefficient (Wildman–Crippen LogP) is 1.72. The number of anilines is 1. The van der Waals surface area contributed by atoms with E-state index in [9.17, 15) is 16.8 Å². The van der Waals surface area contributed by atoms with Gasteiger partial charge in [0.15, 0.2) is 9.84 Å². The van der Waals surface area contributed by atoms with Crippen LogP contribution in [0.5, 0.6) is 0 Å². The van der Waals surface area contributed by atoms with E-state index in [1.807, 2.05) is 31.1 Å². The average molecular weight is 453 g/mol. The van der Waals surface area contributed by atoms with Gasteiger partial charge in [-0.1, -0.05) is 30.2 Å². The van der Waals surface area contributed by atoms with Gasteiger partial charge in [0.1, 0.15) is 0 Å². The summed E-state index contributed by atoms with van der Waals surface area (Å²) in [6.45, 7) is 0.750. The molecule has 0 aliphatic rings. The molecule has 0 amide bonds. The van der Waals surface area contributed by atoms with Crippen LogP contribution in [-0.4, -0.2) is 71.0 Å². The lowest BCUT2D eigenvalue weighted by molar-refractivity contribution is 0.287. The van der Waals surface area contributed by atoms with E-state index in [1.165, 1.54) is 13.0 Å². The molecular formula is C21H28N2O5S2. The standard InChI is InChI=1S/C21H28N2O5S2/c1-5-13-23(14-16-29(25,26)17(2)12-15-24)30(27,28)21-11-7-8-18-19(21)9-6-10-20(18)22(3)4/h1,6-11,17,24H,12-16H2,2-4H3.